The van der Waals surface area contributed by atoms with E-state index in [1.807, 2.05) is 38.1 Å². The minimum absolute atomic E-state index is 0.197. The second-order valence-electron chi connectivity index (χ2n) is 6.03. The molecule has 27 heavy (non-hydrogen) atoms. The Morgan fingerprint density at radius 2 is 1.93 bits per heavy atom. The third-order valence-electron chi connectivity index (χ3n) is 4.10. The zero-order valence-corrected chi connectivity index (χ0v) is 16.7. The molecule has 0 spiro atoms. The molecule has 3 aromatic rings. The highest BCUT2D eigenvalue weighted by Crippen LogP contribution is 2.27. The first-order valence-electron chi connectivity index (χ1n) is 8.22. The molecule has 1 amide bonds. The molecular weight excluding hydrogens is 382 g/mol. The van der Waals surface area contributed by atoms with Gasteiger partial charge in [-0.05, 0) is 68.0 Å². The van der Waals surface area contributed by atoms with Crippen LogP contribution < -0.4 is 15.4 Å². The third-order valence-corrected chi connectivity index (χ3v) is 4.60. The van der Waals surface area contributed by atoms with Crippen LogP contribution in [0.3, 0.4) is 0 Å². The second kappa shape index (κ2) is 7.90. The molecular formula is C20H18ClN3O2S. The highest BCUT2D eigenvalue weighted by Gasteiger charge is 2.13. The van der Waals surface area contributed by atoms with E-state index >= 15 is 0 Å². The van der Waals surface area contributed by atoms with E-state index in [1.165, 1.54) is 13.2 Å². The molecule has 0 aliphatic rings. The Hall–Kier alpha value is -2.70. The number of fused-ring (bicyclic) bond motifs is 1. The fourth-order valence-corrected chi connectivity index (χ4v) is 3.16. The number of anilines is 1. The highest BCUT2D eigenvalue weighted by atomic mass is 35.5. The molecule has 1 aromatic heterocycles. The lowest BCUT2D eigenvalue weighted by atomic mass is 10.1. The first-order chi connectivity index (χ1) is 12.9. The molecule has 2 aromatic carbocycles. The number of aromatic nitrogens is 1. The Bertz CT molecular complexity index is 1050. The molecule has 0 fully saturated rings. The van der Waals surface area contributed by atoms with Crippen molar-refractivity contribution >= 4 is 51.4 Å². The lowest BCUT2D eigenvalue weighted by Gasteiger charge is -2.14. The number of methoxy groups -OCH3 is 1. The number of carbonyl (C=O) groups excluding carboxylic acids is 1. The number of hydrogen-bond acceptors (Lipinski definition) is 4. The Morgan fingerprint density at radius 1 is 1.15 bits per heavy atom. The number of benzene rings is 2. The predicted molar refractivity (Wildman–Crippen MR) is 113 cm³/mol. The number of thiocarbonyl (C=S) groups is 1. The maximum absolute atomic E-state index is 12.4. The molecule has 5 nitrogen and oxygen atoms in total. The van der Waals surface area contributed by atoms with Gasteiger partial charge in [-0.2, -0.15) is 0 Å². The van der Waals surface area contributed by atoms with Gasteiger partial charge in [0.05, 0.1) is 23.3 Å². The van der Waals surface area contributed by atoms with Crippen LogP contribution in [0.2, 0.25) is 5.02 Å². The Kier molecular flexibility index (Phi) is 5.58. The van der Waals surface area contributed by atoms with Crippen molar-refractivity contribution in [3.8, 4) is 5.75 Å². The summed E-state index contributed by atoms with van der Waals surface area (Å²) in [6, 6.07) is 12.6. The highest BCUT2D eigenvalue weighted by molar-refractivity contribution is 7.80. The number of nitrogens with zero attached hydrogens (tertiary/aromatic N) is 1. The average molecular weight is 400 g/mol. The van der Waals surface area contributed by atoms with Gasteiger partial charge in [-0.15, -0.1) is 0 Å². The minimum Gasteiger partial charge on any atom is -0.495 e. The monoisotopic (exact) mass is 399 g/mol. The summed E-state index contributed by atoms with van der Waals surface area (Å²) < 4.78 is 5.09. The van der Waals surface area contributed by atoms with E-state index < -0.39 is 0 Å². The van der Waals surface area contributed by atoms with E-state index in [4.69, 9.17) is 28.6 Å². The summed E-state index contributed by atoms with van der Waals surface area (Å²) in [6.07, 6.45) is 0. The number of aryl methyl sites for hydroxylation is 2. The molecule has 7 heteroatoms. The van der Waals surface area contributed by atoms with Crippen molar-refractivity contribution in [2.45, 2.75) is 13.8 Å². The standard InChI is InChI=1S/C20H18ClN3O2S/c1-11-4-8-16-14(7-5-12(2)22-16)18(11)23-20(27)24-19(25)13-6-9-17(26-3)15(21)10-13/h4-10H,1-3H3,(H2,23,24,25,27). The summed E-state index contributed by atoms with van der Waals surface area (Å²) in [4.78, 5) is 17.0. The third kappa shape index (κ3) is 4.18. The number of halogens is 1. The number of pyridine rings is 1. The van der Waals surface area contributed by atoms with E-state index in [0.717, 1.165) is 27.8 Å². The van der Waals surface area contributed by atoms with Gasteiger partial charge in [-0.3, -0.25) is 15.1 Å². The largest absolute Gasteiger partial charge is 0.495 e. The SMILES string of the molecule is COc1ccc(C(=O)NC(=S)Nc2c(C)ccc3nc(C)ccc23)cc1Cl. The first kappa shape index (κ1) is 19.1. The van der Waals surface area contributed by atoms with Gasteiger partial charge < -0.3 is 10.1 Å². The van der Waals surface area contributed by atoms with Crippen molar-refractivity contribution in [3.63, 3.8) is 0 Å². The number of amides is 1. The summed E-state index contributed by atoms with van der Waals surface area (Å²) in [5, 5.41) is 7.28. The van der Waals surface area contributed by atoms with E-state index in [1.54, 1.807) is 12.1 Å². The summed E-state index contributed by atoms with van der Waals surface area (Å²) in [5.74, 6) is 0.145. The number of ether oxygens (including phenoxy) is 1. The fourth-order valence-electron chi connectivity index (χ4n) is 2.71. The second-order valence-corrected chi connectivity index (χ2v) is 6.85. The Balaban J connectivity index is 1.80. The van der Waals surface area contributed by atoms with Crippen LogP contribution in [0.25, 0.3) is 10.9 Å². The normalized spacial score (nSPS) is 10.5. The molecule has 3 rings (SSSR count). The number of hydrogen-bond donors (Lipinski definition) is 2. The maximum atomic E-state index is 12.4. The molecule has 138 valence electrons. The summed E-state index contributed by atoms with van der Waals surface area (Å²) >= 11 is 11.4. The first-order valence-corrected chi connectivity index (χ1v) is 9.00. The summed E-state index contributed by atoms with van der Waals surface area (Å²) in [7, 11) is 1.52. The van der Waals surface area contributed by atoms with Gasteiger partial charge in [0.1, 0.15) is 5.75 Å². The van der Waals surface area contributed by atoms with Crippen LogP contribution in [0, 0.1) is 13.8 Å². The van der Waals surface area contributed by atoms with E-state index in [0.29, 0.717) is 16.3 Å². The van der Waals surface area contributed by atoms with Gasteiger partial charge in [-0.1, -0.05) is 17.7 Å². The quantitative estimate of drug-likeness (QED) is 0.628. The summed E-state index contributed by atoms with van der Waals surface area (Å²) in [6.45, 7) is 3.91. The molecule has 0 atom stereocenters. The molecule has 0 aliphatic carbocycles. The fraction of sp³-hybridized carbons (Fsp3) is 0.150. The topological polar surface area (TPSA) is 63.2 Å². The lowest BCUT2D eigenvalue weighted by molar-refractivity contribution is 0.0977. The van der Waals surface area contributed by atoms with Gasteiger partial charge in [0.25, 0.3) is 5.91 Å². The van der Waals surface area contributed by atoms with Crippen molar-refractivity contribution in [1.29, 1.82) is 0 Å². The van der Waals surface area contributed by atoms with Crippen LogP contribution in [0.4, 0.5) is 5.69 Å². The van der Waals surface area contributed by atoms with Gasteiger partial charge in [0.15, 0.2) is 5.11 Å². The van der Waals surface area contributed by atoms with Crippen molar-refractivity contribution in [2.75, 3.05) is 12.4 Å². The van der Waals surface area contributed by atoms with E-state index in [-0.39, 0.29) is 11.0 Å². The van der Waals surface area contributed by atoms with E-state index in [2.05, 4.69) is 15.6 Å². The minimum atomic E-state index is -0.357. The molecule has 0 saturated heterocycles. The number of rotatable bonds is 3. The van der Waals surface area contributed by atoms with Crippen molar-refractivity contribution in [3.05, 3.63) is 64.3 Å². The molecule has 0 aliphatic heterocycles. The smallest absolute Gasteiger partial charge is 0.257 e. The van der Waals surface area contributed by atoms with Crippen LogP contribution in [-0.2, 0) is 0 Å². The molecule has 0 saturated carbocycles. The molecule has 1 heterocycles. The molecule has 0 unspecified atom stereocenters. The zero-order valence-electron chi connectivity index (χ0n) is 15.1. The van der Waals surface area contributed by atoms with Crippen LogP contribution >= 0.6 is 23.8 Å². The van der Waals surface area contributed by atoms with Gasteiger partial charge in [0.2, 0.25) is 0 Å². The summed E-state index contributed by atoms with van der Waals surface area (Å²) in [5.41, 5.74) is 4.00. The van der Waals surface area contributed by atoms with Crippen molar-refractivity contribution < 1.29 is 9.53 Å². The van der Waals surface area contributed by atoms with Crippen LogP contribution in [0.5, 0.6) is 5.75 Å². The number of carbonyl (C=O) groups is 1. The van der Waals surface area contributed by atoms with Gasteiger partial charge in [0, 0.05) is 16.6 Å². The van der Waals surface area contributed by atoms with Crippen LogP contribution in [-0.4, -0.2) is 23.1 Å². The van der Waals surface area contributed by atoms with Crippen LogP contribution in [0.15, 0.2) is 42.5 Å². The molecule has 0 radical (unpaired) electrons. The number of nitrogens with one attached hydrogen (secondary N) is 2. The van der Waals surface area contributed by atoms with Gasteiger partial charge >= 0.3 is 0 Å². The Labute approximate surface area is 167 Å². The predicted octanol–water partition coefficient (Wildman–Crippen LogP) is 4.64. The van der Waals surface area contributed by atoms with Gasteiger partial charge in [-0.25, -0.2) is 0 Å². The van der Waals surface area contributed by atoms with E-state index in [9.17, 15) is 4.79 Å². The van der Waals surface area contributed by atoms with Crippen LogP contribution in [0.1, 0.15) is 21.6 Å². The average Bonchev–Trinajstić information content (AvgIpc) is 2.64. The Morgan fingerprint density at radius 3 is 2.63 bits per heavy atom. The van der Waals surface area contributed by atoms with Crippen molar-refractivity contribution in [2.24, 2.45) is 0 Å². The zero-order chi connectivity index (χ0) is 19.6. The lowest BCUT2D eigenvalue weighted by Crippen LogP contribution is -2.34. The van der Waals surface area contributed by atoms with Crippen molar-refractivity contribution in [1.82, 2.24) is 10.3 Å². The maximum Gasteiger partial charge on any atom is 0.257 e. The molecule has 2 N–H and O–H groups in total. The molecule has 0 bridgehead atoms.